The van der Waals surface area contributed by atoms with Gasteiger partial charge >= 0.3 is 0 Å². The maximum absolute atomic E-state index is 13.4. The molecule has 0 aromatic carbocycles. The van der Waals surface area contributed by atoms with Gasteiger partial charge in [-0.05, 0) is 525 Å². The minimum atomic E-state index is -1.03. The summed E-state index contributed by atoms with van der Waals surface area (Å²) in [6, 6.07) is 0. The number of hydrogen-bond donors (Lipinski definition) is 5. The van der Waals surface area contributed by atoms with Crippen LogP contribution >= 0.6 is 11.6 Å². The first-order chi connectivity index (χ1) is 71.6. The van der Waals surface area contributed by atoms with Crippen molar-refractivity contribution in [1.29, 1.82) is 0 Å². The summed E-state index contributed by atoms with van der Waals surface area (Å²) < 4.78 is 18.7. The number of methoxy groups -OCH3 is 1. The Morgan fingerprint density at radius 1 is 0.295 bits per heavy atom. The van der Waals surface area contributed by atoms with E-state index in [2.05, 4.69) is 149 Å². The zero-order valence-corrected chi connectivity index (χ0v) is 92.8. The summed E-state index contributed by atoms with van der Waals surface area (Å²) in [4.78, 5) is 8.93. The van der Waals surface area contributed by atoms with E-state index < -0.39 is 34.7 Å². The van der Waals surface area contributed by atoms with Gasteiger partial charge < -0.3 is 30.3 Å². The van der Waals surface area contributed by atoms with Crippen LogP contribution in [0.5, 0.6) is 0 Å². The Bertz CT molecular complexity index is 5590. The number of allylic oxidation sites excluding steroid dienone is 5. The van der Waals surface area contributed by atoms with Crippen LogP contribution in [-0.2, 0) is 37.5 Å². The molecular weight excluding hydrogens is 1870 g/mol. The third-order valence-corrected chi connectivity index (χ3v) is 49.1. The summed E-state index contributed by atoms with van der Waals surface area (Å²) >= 11 is 5.63. The first kappa shape index (κ1) is 107. The van der Waals surface area contributed by atoms with Crippen LogP contribution in [0.3, 0.4) is 0 Å². The molecule has 21 fully saturated rings. The quantitative estimate of drug-likeness (QED) is 0.0403. The third-order valence-electron chi connectivity index (χ3n) is 49.0. The van der Waals surface area contributed by atoms with Crippen molar-refractivity contribution in [2.75, 3.05) is 20.4 Å². The van der Waals surface area contributed by atoms with Gasteiger partial charge in [0.25, 0.3) is 0 Å². The Hall–Kier alpha value is -6.50. The summed E-state index contributed by atoms with van der Waals surface area (Å²) in [5.74, 6) is 33.2. The van der Waals surface area contributed by atoms with Gasteiger partial charge in [-0.15, -0.1) is 0 Å². The fourth-order valence-electron chi connectivity index (χ4n) is 42.5. The summed E-state index contributed by atoms with van der Waals surface area (Å²) in [5.41, 5.74) is 4.95. The fraction of sp³-hybridized carbons (Fsp3) is 0.810. The molecule has 23 heteroatoms. The molecule has 0 amide bonds. The third kappa shape index (κ3) is 20.8. The van der Waals surface area contributed by atoms with Crippen LogP contribution in [-0.4, -0.2) is 149 Å². The van der Waals surface area contributed by atoms with E-state index in [0.717, 1.165) is 215 Å². The van der Waals surface area contributed by atoms with Crippen LogP contribution in [0.25, 0.3) is 0 Å². The Kier molecular flexibility index (Phi) is 30.7. The fourth-order valence-corrected chi connectivity index (χ4v) is 42.7. The van der Waals surface area contributed by atoms with Gasteiger partial charge in [0.15, 0.2) is 0 Å². The van der Waals surface area contributed by atoms with E-state index in [1.54, 1.807) is 93.1 Å². The van der Waals surface area contributed by atoms with Crippen molar-refractivity contribution >= 4 is 11.6 Å². The Labute approximate surface area is 896 Å². The van der Waals surface area contributed by atoms with Gasteiger partial charge in [0.05, 0.1) is 118 Å². The highest BCUT2D eigenvalue weighted by atomic mass is 35.5. The van der Waals surface area contributed by atoms with Crippen LogP contribution in [0.4, 0.5) is 4.39 Å². The summed E-state index contributed by atoms with van der Waals surface area (Å²) in [7, 11) is 1.72. The van der Waals surface area contributed by atoms with Crippen molar-refractivity contribution in [3.05, 3.63) is 123 Å². The molecule has 21 aliphatic carbocycles. The number of fused-ring (bicyclic) bond motifs is 25. The molecule has 21 aliphatic rings. The lowest BCUT2D eigenvalue weighted by Crippen LogP contribution is -2.52. The zero-order chi connectivity index (χ0) is 104. The number of nitrogens with zero attached hydrogens (tertiary/aromatic N) is 15. The minimum Gasteiger partial charge on any atom is -0.390 e. The van der Waals surface area contributed by atoms with E-state index in [1.807, 2.05) is 0 Å². The van der Waals surface area contributed by atoms with Gasteiger partial charge in [0.2, 0.25) is 0 Å². The number of aliphatic hydroxyl groups is 5. The molecule has 5 aromatic heterocycles. The van der Waals surface area contributed by atoms with Crippen LogP contribution in [0.2, 0.25) is 0 Å². The van der Waals surface area contributed by atoms with Crippen molar-refractivity contribution in [3.63, 3.8) is 0 Å². The Morgan fingerprint density at radius 3 is 0.819 bits per heavy atom. The molecule has 0 saturated heterocycles. The Balaban J connectivity index is 0.000000105. The lowest BCUT2D eigenvalue weighted by Gasteiger charge is -2.57. The van der Waals surface area contributed by atoms with Gasteiger partial charge in [-0.3, -0.25) is 0 Å². The molecule has 0 radical (unpaired) electrons. The highest BCUT2D eigenvalue weighted by Gasteiger charge is 2.66. The summed E-state index contributed by atoms with van der Waals surface area (Å²) in [5, 5.41) is 99.5. The molecule has 814 valence electrons. The van der Waals surface area contributed by atoms with Crippen LogP contribution in [0.1, 0.15) is 343 Å². The molecule has 0 spiro atoms. The van der Waals surface area contributed by atoms with Crippen molar-refractivity contribution < 1.29 is 34.7 Å². The van der Waals surface area contributed by atoms with E-state index in [1.165, 1.54) is 253 Å². The standard InChI is InChI=1S/C28H39N3O.C25H34ClN3O.C25H39N3O2.C24H36FN3O.C24H37N3O/c1-19(18-31-29-15-16-30-31)25-7-8-26-24-6-5-21-17-28(32,13-9-20-3-4-20)14-11-22(21)23(24)10-12-27(25,26)2;1-17(16-29-27-13-14-28-29)22-5-6-23-21-4-3-18-15-25(30,11-12-26)10-8-19(18)20(21)7-9-24(22,23)2;1-17(15-28-26-12-13-27-28)22-6-7-23-21-5-4-18-14-25(29,16-30-3)11-9-19(18)20(21)8-10-24(22,23)2;1-16(14-28-26-11-12-27-28)21-5-6-22-20-4-3-17-13-24(29,15-25)10-8-18(17)19(20)7-9-23(21,22)2;1-16(15-27-25-12-13-26-27)21-6-7-22-20-5-4-17-14-23(2,28)10-8-18(17)19(20)9-11-24(21,22)3/h15-16,20-26,32H,1,3-8,10-12,14,17-18H2,2H3;13-14,18-23,30H,1,3-10,15-16H2,2H3;12-13,18-23,29H,1,4-11,14-16H2,2-3H3;11-12,17-22,29H,1,3-10,13-15H2,2H3;12-13,17-22,28H,1,4-11,14-15H2,2-3H3/t21-,22-,23+,24+,25+,26-,27+,28+;18-,19-,20+,21+,22+,23-,24+,25-;18-,19-,20+,21+,22+,23-,24+,25+;2*17-,18-,19+,20+,21+,22-,23+,24+/m00000/s1. The van der Waals surface area contributed by atoms with Gasteiger partial charge in [0, 0.05) is 18.4 Å². The minimum absolute atomic E-state index is 0.354. The predicted octanol–water partition coefficient (Wildman–Crippen LogP) is 24.4. The first-order valence-corrected chi connectivity index (χ1v) is 60.9. The van der Waals surface area contributed by atoms with E-state index in [4.69, 9.17) is 16.3 Å². The molecule has 21 saturated carbocycles. The lowest BCUT2D eigenvalue weighted by atomic mass is 9.48. The molecule has 26 rings (SSSR count). The predicted molar refractivity (Wildman–Crippen MR) is 581 cm³/mol. The second-order valence-corrected chi connectivity index (χ2v) is 56.4. The topological polar surface area (TPSA) is 264 Å². The molecule has 5 aromatic rings. The number of rotatable bonds is 18. The molecule has 40 atom stereocenters. The van der Waals surface area contributed by atoms with Crippen molar-refractivity contribution in [2.45, 2.75) is 404 Å². The van der Waals surface area contributed by atoms with Crippen molar-refractivity contribution in [3.8, 4) is 23.1 Å². The maximum Gasteiger partial charge on any atom is 0.127 e. The second-order valence-electron chi connectivity index (χ2n) is 56.2. The number of hydrogen-bond acceptors (Lipinski definition) is 16. The molecule has 5 N–H and O–H groups in total. The lowest BCUT2D eigenvalue weighted by molar-refractivity contribution is -0.123. The SMILES string of the molecule is C=C(Cn1nccn1)[C@H]1CC[C@H]2[C@@H]3CC[C@H]4C[C@@](O)(C#CC5CC5)CC[C@@H]4[C@H]3CC[C@]12C.C=C(Cn1nccn1)[C@H]1CC[C@H]2[C@@H]3CC[C@H]4C[C@@](O)(C#CCl)CC[C@@H]4[C@H]3CC[C@]12C.C=C(Cn1nccn1)[C@H]1CC[C@H]2[C@@H]3CC[C@H]4C[C@@](O)(CF)CC[C@@H]4[C@H]3CC[C@]12C.C=C(Cn1nccn1)[C@H]1CC[C@H]2[C@@H]3CC[C@H]4C[C@@](O)(COC)CC[C@@H]4[C@H]3CC[C@]12C.C=C(Cn1nccn1)[C@H]1CC[C@H]2[C@@H]3CC[C@H]4C[C@](C)(O)CC[C@@H]4[C@H]3CC[C@]12C. The van der Waals surface area contributed by atoms with Gasteiger partial charge in [0.1, 0.15) is 17.9 Å². The van der Waals surface area contributed by atoms with Crippen LogP contribution in [0, 0.1) is 234 Å². The Morgan fingerprint density at radius 2 is 0.544 bits per heavy atom. The average molecular weight is 2060 g/mol. The second kappa shape index (κ2) is 42.8. The monoisotopic (exact) mass is 2060 g/mol. The van der Waals surface area contributed by atoms with E-state index in [0.29, 0.717) is 112 Å². The van der Waals surface area contributed by atoms with Crippen molar-refractivity contribution in [1.82, 2.24) is 75.0 Å². The highest BCUT2D eigenvalue weighted by molar-refractivity contribution is 6.30. The number of aromatic nitrogens is 15. The molecule has 0 unspecified atom stereocenters. The summed E-state index contributed by atoms with van der Waals surface area (Å²) in [6.45, 7) is 41.1. The van der Waals surface area contributed by atoms with Gasteiger partial charge in [-0.25, -0.2) is 4.39 Å². The number of halogens is 2. The van der Waals surface area contributed by atoms with E-state index >= 15 is 0 Å². The molecule has 0 bridgehead atoms. The van der Waals surface area contributed by atoms with E-state index in [9.17, 15) is 29.9 Å². The molecule has 21 nitrogen and oxygen atoms in total. The largest absolute Gasteiger partial charge is 0.390 e. The number of ether oxygens (including phenoxy) is 1. The smallest absolute Gasteiger partial charge is 0.127 e. The van der Waals surface area contributed by atoms with Crippen molar-refractivity contribution in [2.24, 2.45) is 211 Å². The van der Waals surface area contributed by atoms with E-state index in [-0.39, 0.29) is 0 Å². The molecule has 149 heavy (non-hydrogen) atoms. The van der Waals surface area contributed by atoms with Crippen LogP contribution in [0.15, 0.2) is 123 Å². The average Bonchev–Trinajstić information content (AvgIpc) is 1.63. The van der Waals surface area contributed by atoms with Gasteiger partial charge in [-0.2, -0.15) is 75.0 Å². The zero-order valence-electron chi connectivity index (χ0n) is 92.0. The normalized spacial score (nSPS) is 45.9. The maximum atomic E-state index is 13.4. The number of alkyl halides is 1. The highest BCUT2D eigenvalue weighted by Crippen LogP contribution is 2.73. The van der Waals surface area contributed by atoms with Crippen LogP contribution < -0.4 is 0 Å². The molecule has 0 aliphatic heterocycles. The first-order valence-electron chi connectivity index (χ1n) is 60.5. The molecule has 5 heterocycles. The van der Waals surface area contributed by atoms with Gasteiger partial charge in [-0.1, -0.05) is 113 Å². The summed E-state index contributed by atoms with van der Waals surface area (Å²) in [6.07, 6.45) is 74.1. The molecular formula is C126H185ClFN15O6.